The Bertz CT molecular complexity index is 644. The highest BCUT2D eigenvalue weighted by Crippen LogP contribution is 2.62. The van der Waals surface area contributed by atoms with Gasteiger partial charge in [0.2, 0.25) is 5.91 Å². The van der Waals surface area contributed by atoms with Crippen LogP contribution in [-0.4, -0.2) is 59.1 Å². The summed E-state index contributed by atoms with van der Waals surface area (Å²) in [5, 5.41) is 9.57. The number of benzene rings is 1. The SMILES string of the molecule is C[C@H](O)CN1CCN(C(=O)[C@@H]2C[C@]23CCc2ccccc23)[C@H](C)C1. The van der Waals surface area contributed by atoms with Crippen LogP contribution < -0.4 is 0 Å². The minimum atomic E-state index is -0.304. The number of rotatable bonds is 3. The Morgan fingerprint density at radius 2 is 2.17 bits per heavy atom. The van der Waals surface area contributed by atoms with Crippen LogP contribution in [0.1, 0.15) is 37.8 Å². The van der Waals surface area contributed by atoms with Crippen molar-refractivity contribution in [2.75, 3.05) is 26.2 Å². The summed E-state index contributed by atoms with van der Waals surface area (Å²) in [5.74, 6) is 0.544. The van der Waals surface area contributed by atoms with Gasteiger partial charge in [0.15, 0.2) is 0 Å². The van der Waals surface area contributed by atoms with Gasteiger partial charge in [0.25, 0.3) is 0 Å². The number of hydrogen-bond acceptors (Lipinski definition) is 3. The number of aliphatic hydroxyl groups is 1. The molecule has 1 saturated heterocycles. The van der Waals surface area contributed by atoms with Crippen molar-refractivity contribution in [2.24, 2.45) is 5.92 Å². The topological polar surface area (TPSA) is 43.8 Å². The Morgan fingerprint density at radius 1 is 1.38 bits per heavy atom. The molecule has 4 atom stereocenters. The lowest BCUT2D eigenvalue weighted by Gasteiger charge is -2.40. The Morgan fingerprint density at radius 3 is 2.92 bits per heavy atom. The molecule has 2 aliphatic carbocycles. The standard InChI is InChI=1S/C20H28N2O2/c1-14-12-21(13-15(2)23)9-10-22(14)19(24)18-11-20(18)8-7-16-5-3-4-6-17(16)20/h3-6,14-15,18,23H,7-13H2,1-2H3/t14-,15+,18+,20+/m1/s1. The molecule has 3 aliphatic rings. The minimum absolute atomic E-state index is 0.143. The highest BCUT2D eigenvalue weighted by Gasteiger charge is 2.62. The summed E-state index contributed by atoms with van der Waals surface area (Å²) in [6.07, 6.45) is 2.99. The van der Waals surface area contributed by atoms with E-state index in [1.54, 1.807) is 0 Å². The van der Waals surface area contributed by atoms with E-state index >= 15 is 0 Å². The molecule has 4 heteroatoms. The summed E-state index contributed by atoms with van der Waals surface area (Å²) in [6, 6.07) is 8.92. The van der Waals surface area contributed by atoms with Crippen molar-refractivity contribution >= 4 is 5.91 Å². The molecule has 0 unspecified atom stereocenters. The van der Waals surface area contributed by atoms with Crippen molar-refractivity contribution in [1.29, 1.82) is 0 Å². The van der Waals surface area contributed by atoms with Gasteiger partial charge in [0, 0.05) is 43.6 Å². The van der Waals surface area contributed by atoms with Crippen LogP contribution in [-0.2, 0) is 16.6 Å². The number of amides is 1. The molecule has 1 aromatic rings. The molecule has 1 aliphatic heterocycles. The van der Waals surface area contributed by atoms with Crippen molar-refractivity contribution in [1.82, 2.24) is 9.80 Å². The Hall–Kier alpha value is -1.39. The summed E-state index contributed by atoms with van der Waals surface area (Å²) in [5.41, 5.74) is 3.02. The molecule has 0 bridgehead atoms. The normalized spacial score (nSPS) is 33.5. The van der Waals surface area contributed by atoms with E-state index in [0.29, 0.717) is 12.5 Å². The highest BCUT2D eigenvalue weighted by atomic mass is 16.3. The molecule has 1 saturated carbocycles. The fourth-order valence-electron chi connectivity index (χ4n) is 5.02. The van der Waals surface area contributed by atoms with Crippen molar-refractivity contribution in [2.45, 2.75) is 50.7 Å². The predicted molar refractivity (Wildman–Crippen MR) is 93.8 cm³/mol. The second-order valence-corrected chi connectivity index (χ2v) is 8.06. The number of fused-ring (bicyclic) bond motifs is 2. The van der Waals surface area contributed by atoms with Gasteiger partial charge in [-0.1, -0.05) is 24.3 Å². The van der Waals surface area contributed by atoms with E-state index in [4.69, 9.17) is 0 Å². The van der Waals surface area contributed by atoms with E-state index < -0.39 is 0 Å². The fraction of sp³-hybridized carbons (Fsp3) is 0.650. The zero-order valence-corrected chi connectivity index (χ0v) is 14.7. The summed E-state index contributed by atoms with van der Waals surface area (Å²) in [4.78, 5) is 17.5. The van der Waals surface area contributed by atoms with Crippen LogP contribution in [0.15, 0.2) is 24.3 Å². The molecular weight excluding hydrogens is 300 g/mol. The van der Waals surface area contributed by atoms with Crippen LogP contribution >= 0.6 is 0 Å². The average Bonchev–Trinajstić information content (AvgIpc) is 3.16. The number of carbonyl (C=O) groups is 1. The Balaban J connectivity index is 1.43. The number of hydrogen-bond donors (Lipinski definition) is 1. The maximum absolute atomic E-state index is 13.1. The molecule has 1 N–H and O–H groups in total. The number of carbonyl (C=O) groups excluding carboxylic acids is 1. The van der Waals surface area contributed by atoms with Gasteiger partial charge in [-0.25, -0.2) is 0 Å². The maximum atomic E-state index is 13.1. The zero-order chi connectivity index (χ0) is 16.9. The Kier molecular flexibility index (Phi) is 3.92. The lowest BCUT2D eigenvalue weighted by atomic mass is 9.94. The summed E-state index contributed by atoms with van der Waals surface area (Å²) in [7, 11) is 0. The van der Waals surface area contributed by atoms with Crippen LogP contribution in [0.3, 0.4) is 0 Å². The molecule has 0 aromatic heterocycles. The van der Waals surface area contributed by atoms with Gasteiger partial charge in [-0.05, 0) is 44.2 Å². The summed E-state index contributed by atoms with van der Waals surface area (Å²) < 4.78 is 0. The molecule has 1 aromatic carbocycles. The first-order valence-electron chi connectivity index (χ1n) is 9.30. The van der Waals surface area contributed by atoms with E-state index in [-0.39, 0.29) is 23.5 Å². The van der Waals surface area contributed by atoms with Crippen LogP contribution in [0, 0.1) is 5.92 Å². The summed E-state index contributed by atoms with van der Waals surface area (Å²) in [6.45, 7) is 7.20. The van der Waals surface area contributed by atoms with Crippen LogP contribution in [0.2, 0.25) is 0 Å². The van der Waals surface area contributed by atoms with E-state index in [1.165, 1.54) is 11.1 Å². The van der Waals surface area contributed by atoms with Gasteiger partial charge in [-0.2, -0.15) is 0 Å². The number of nitrogens with zero attached hydrogens (tertiary/aromatic N) is 2. The third kappa shape index (κ3) is 2.56. The quantitative estimate of drug-likeness (QED) is 0.920. The van der Waals surface area contributed by atoms with E-state index in [1.807, 2.05) is 6.92 Å². The largest absolute Gasteiger partial charge is 0.392 e. The first-order valence-corrected chi connectivity index (χ1v) is 9.30. The van der Waals surface area contributed by atoms with Crippen molar-refractivity contribution in [3.8, 4) is 0 Å². The average molecular weight is 328 g/mol. The number of aliphatic hydroxyl groups excluding tert-OH is 1. The molecule has 1 spiro atoms. The molecular formula is C20H28N2O2. The molecule has 2 fully saturated rings. The lowest BCUT2D eigenvalue weighted by Crippen LogP contribution is -2.55. The van der Waals surface area contributed by atoms with Crippen LogP contribution in [0.4, 0.5) is 0 Å². The molecule has 4 nitrogen and oxygen atoms in total. The third-order valence-electron chi connectivity index (χ3n) is 6.28. The Labute approximate surface area is 144 Å². The van der Waals surface area contributed by atoms with Gasteiger partial charge in [0.1, 0.15) is 0 Å². The van der Waals surface area contributed by atoms with Gasteiger partial charge >= 0.3 is 0 Å². The summed E-state index contributed by atoms with van der Waals surface area (Å²) >= 11 is 0. The third-order valence-corrected chi connectivity index (χ3v) is 6.28. The van der Waals surface area contributed by atoms with E-state index in [0.717, 1.165) is 38.9 Å². The second kappa shape index (κ2) is 5.85. The molecule has 24 heavy (non-hydrogen) atoms. The van der Waals surface area contributed by atoms with Gasteiger partial charge < -0.3 is 10.0 Å². The molecule has 4 rings (SSSR count). The van der Waals surface area contributed by atoms with E-state index in [2.05, 4.69) is 41.0 Å². The minimum Gasteiger partial charge on any atom is -0.392 e. The van der Waals surface area contributed by atoms with E-state index in [9.17, 15) is 9.90 Å². The monoisotopic (exact) mass is 328 g/mol. The second-order valence-electron chi connectivity index (χ2n) is 8.06. The highest BCUT2D eigenvalue weighted by molar-refractivity contribution is 5.85. The molecule has 0 radical (unpaired) electrons. The lowest BCUT2D eigenvalue weighted by molar-refractivity contribution is -0.137. The fourth-order valence-corrected chi connectivity index (χ4v) is 5.02. The molecule has 1 amide bonds. The molecule has 130 valence electrons. The maximum Gasteiger partial charge on any atom is 0.226 e. The number of piperazine rings is 1. The van der Waals surface area contributed by atoms with Crippen molar-refractivity contribution in [3.05, 3.63) is 35.4 Å². The van der Waals surface area contributed by atoms with Gasteiger partial charge in [-0.15, -0.1) is 0 Å². The number of β-amino-alcohol motifs (C(OH)–C–C–N with tert-alkyl or cyclic N) is 1. The van der Waals surface area contributed by atoms with Gasteiger partial charge in [-0.3, -0.25) is 9.69 Å². The van der Waals surface area contributed by atoms with Crippen LogP contribution in [0.25, 0.3) is 0 Å². The van der Waals surface area contributed by atoms with Crippen LogP contribution in [0.5, 0.6) is 0 Å². The van der Waals surface area contributed by atoms with Crippen molar-refractivity contribution < 1.29 is 9.90 Å². The van der Waals surface area contributed by atoms with Crippen molar-refractivity contribution in [3.63, 3.8) is 0 Å². The first kappa shape index (κ1) is 16.1. The predicted octanol–water partition coefficient (Wildman–Crippen LogP) is 1.80. The first-order chi connectivity index (χ1) is 11.5. The van der Waals surface area contributed by atoms with Gasteiger partial charge in [0.05, 0.1) is 6.10 Å². The molecule has 1 heterocycles. The zero-order valence-electron chi connectivity index (χ0n) is 14.7. The number of aryl methyl sites for hydroxylation is 1. The smallest absolute Gasteiger partial charge is 0.226 e.